The van der Waals surface area contributed by atoms with Crippen LogP contribution in [-0.4, -0.2) is 79.9 Å². The van der Waals surface area contributed by atoms with E-state index >= 15 is 0 Å². The molecule has 1 saturated carbocycles. The molecule has 3 fully saturated rings. The zero-order valence-electron chi connectivity index (χ0n) is 23.6. The van der Waals surface area contributed by atoms with Crippen LogP contribution in [0.25, 0.3) is 0 Å². The third-order valence-corrected chi connectivity index (χ3v) is 8.46. The highest BCUT2D eigenvalue weighted by Gasteiger charge is 2.28. The summed E-state index contributed by atoms with van der Waals surface area (Å²) in [4.78, 5) is 46.0. The van der Waals surface area contributed by atoms with Crippen LogP contribution in [0.3, 0.4) is 0 Å². The second-order valence-corrected chi connectivity index (χ2v) is 11.3. The van der Waals surface area contributed by atoms with Crippen LogP contribution >= 0.6 is 0 Å². The van der Waals surface area contributed by atoms with Gasteiger partial charge in [0.1, 0.15) is 0 Å². The van der Waals surface area contributed by atoms with Crippen LogP contribution < -0.4 is 15.5 Å². The molecule has 0 radical (unpaired) electrons. The Hall–Kier alpha value is -3.39. The molecular weight excluding hydrogens is 502 g/mol. The first-order valence-electron chi connectivity index (χ1n) is 15.1. The van der Waals surface area contributed by atoms with E-state index in [9.17, 15) is 14.4 Å². The molecule has 40 heavy (non-hydrogen) atoms. The maximum Gasteiger partial charge on any atom is 0.253 e. The molecule has 3 amide bonds. The number of nitrogens with zero attached hydrogens (tertiary/aromatic N) is 3. The minimum absolute atomic E-state index is 0.00562. The fourth-order valence-corrected chi connectivity index (χ4v) is 6.24. The molecule has 2 aliphatic heterocycles. The Morgan fingerprint density at radius 3 is 2.40 bits per heavy atom. The van der Waals surface area contributed by atoms with E-state index in [4.69, 9.17) is 0 Å². The van der Waals surface area contributed by atoms with E-state index in [0.29, 0.717) is 36.8 Å². The first kappa shape index (κ1) is 28.1. The fourth-order valence-electron chi connectivity index (χ4n) is 6.24. The Labute approximate surface area is 238 Å². The van der Waals surface area contributed by atoms with Crippen molar-refractivity contribution >= 4 is 29.1 Å². The summed E-state index contributed by atoms with van der Waals surface area (Å²) >= 11 is 0. The van der Waals surface area contributed by atoms with Gasteiger partial charge in [-0.25, -0.2) is 0 Å². The molecule has 2 aromatic rings. The van der Waals surface area contributed by atoms with E-state index in [2.05, 4.69) is 20.4 Å². The molecule has 2 N–H and O–H groups in total. The van der Waals surface area contributed by atoms with Crippen molar-refractivity contribution in [3.05, 3.63) is 59.7 Å². The van der Waals surface area contributed by atoms with Gasteiger partial charge in [-0.05, 0) is 56.0 Å². The number of hydrogen-bond donors (Lipinski definition) is 2. The maximum atomic E-state index is 13.4. The molecule has 8 nitrogen and oxygen atoms in total. The third-order valence-electron chi connectivity index (χ3n) is 8.46. The molecule has 2 saturated heterocycles. The summed E-state index contributed by atoms with van der Waals surface area (Å²) in [6, 6.07) is 15.4. The highest BCUT2D eigenvalue weighted by molar-refractivity contribution is 6.00. The molecule has 0 atom stereocenters. The number of hydrogen-bond acceptors (Lipinski definition) is 5. The normalized spacial score (nSPS) is 19.1. The topological polar surface area (TPSA) is 85.0 Å². The summed E-state index contributed by atoms with van der Waals surface area (Å²) in [6.07, 6.45) is 7.64. The number of anilines is 2. The number of carbonyl (C=O) groups excluding carboxylic acids is 3. The molecular formula is C32H43N5O3. The number of nitrogens with one attached hydrogen (secondary N) is 2. The van der Waals surface area contributed by atoms with Crippen LogP contribution in [0.2, 0.25) is 0 Å². The zero-order valence-corrected chi connectivity index (χ0v) is 23.6. The summed E-state index contributed by atoms with van der Waals surface area (Å²) in [7, 11) is 0. The van der Waals surface area contributed by atoms with Gasteiger partial charge in [0.2, 0.25) is 11.8 Å². The van der Waals surface area contributed by atoms with Gasteiger partial charge in [0.05, 0.1) is 17.8 Å². The van der Waals surface area contributed by atoms with Gasteiger partial charge in [0.25, 0.3) is 5.91 Å². The molecule has 8 heteroatoms. The van der Waals surface area contributed by atoms with E-state index in [1.54, 1.807) is 0 Å². The van der Waals surface area contributed by atoms with Crippen molar-refractivity contribution in [3.8, 4) is 0 Å². The molecule has 2 aromatic carbocycles. The Kier molecular flexibility index (Phi) is 9.71. The van der Waals surface area contributed by atoms with Gasteiger partial charge >= 0.3 is 0 Å². The monoisotopic (exact) mass is 545 g/mol. The lowest BCUT2D eigenvalue weighted by Crippen LogP contribution is -2.39. The minimum Gasteiger partial charge on any atom is -0.368 e. The SMILES string of the molecule is O=C(Cc1ccccc1)Nc1cc(C(=O)N2CCCNCC2)ccc1N1CCCN(C(=O)C2CCCCC2)CC1. The lowest BCUT2D eigenvalue weighted by atomic mass is 9.88. The highest BCUT2D eigenvalue weighted by Crippen LogP contribution is 2.30. The van der Waals surface area contributed by atoms with E-state index in [1.807, 2.05) is 53.4 Å². The molecule has 5 rings (SSSR count). The predicted molar refractivity (Wildman–Crippen MR) is 159 cm³/mol. The van der Waals surface area contributed by atoms with Crippen LogP contribution in [0.1, 0.15) is 60.9 Å². The van der Waals surface area contributed by atoms with Crippen molar-refractivity contribution in [3.63, 3.8) is 0 Å². The smallest absolute Gasteiger partial charge is 0.253 e. The number of benzene rings is 2. The standard InChI is InChI=1S/C32H43N5O3/c38-30(23-25-9-3-1-4-10-25)34-28-24-27(32(40)36-17-7-15-33-16-20-36)13-14-29(28)35-18-8-19-37(22-21-35)31(39)26-11-5-2-6-12-26/h1,3-4,9-10,13-14,24,26,33H,2,5-8,11-12,15-23H2,(H,34,38). The lowest BCUT2D eigenvalue weighted by Gasteiger charge is -2.29. The summed E-state index contributed by atoms with van der Waals surface area (Å²) in [5.41, 5.74) is 3.09. The van der Waals surface area contributed by atoms with E-state index < -0.39 is 0 Å². The quantitative estimate of drug-likeness (QED) is 0.575. The number of amides is 3. The molecule has 0 aromatic heterocycles. The van der Waals surface area contributed by atoms with Crippen molar-refractivity contribution < 1.29 is 14.4 Å². The van der Waals surface area contributed by atoms with Crippen molar-refractivity contribution in [1.29, 1.82) is 0 Å². The van der Waals surface area contributed by atoms with Gasteiger partial charge in [-0.15, -0.1) is 0 Å². The molecule has 1 aliphatic carbocycles. The number of rotatable bonds is 6. The molecule has 0 unspecified atom stereocenters. The van der Waals surface area contributed by atoms with Gasteiger partial charge < -0.3 is 25.3 Å². The van der Waals surface area contributed by atoms with Crippen LogP contribution in [0.4, 0.5) is 11.4 Å². The van der Waals surface area contributed by atoms with E-state index in [-0.39, 0.29) is 24.2 Å². The lowest BCUT2D eigenvalue weighted by molar-refractivity contribution is -0.136. The Bertz CT molecular complexity index is 1160. The molecule has 214 valence electrons. The van der Waals surface area contributed by atoms with Gasteiger partial charge in [-0.1, -0.05) is 49.6 Å². The average Bonchev–Trinajstić information content (AvgIpc) is 3.41. The van der Waals surface area contributed by atoms with Crippen molar-refractivity contribution in [2.24, 2.45) is 5.92 Å². The van der Waals surface area contributed by atoms with E-state index in [0.717, 1.165) is 82.5 Å². The zero-order chi connectivity index (χ0) is 27.7. The maximum absolute atomic E-state index is 13.4. The van der Waals surface area contributed by atoms with Gasteiger partial charge in [-0.2, -0.15) is 0 Å². The predicted octanol–water partition coefficient (Wildman–Crippen LogP) is 3.92. The third kappa shape index (κ3) is 7.22. The largest absolute Gasteiger partial charge is 0.368 e. The second kappa shape index (κ2) is 13.8. The van der Waals surface area contributed by atoms with Crippen LogP contribution in [-0.2, 0) is 16.0 Å². The van der Waals surface area contributed by atoms with Crippen molar-refractivity contribution in [2.75, 3.05) is 62.6 Å². The summed E-state index contributed by atoms with van der Waals surface area (Å²) in [5, 5.41) is 6.48. The van der Waals surface area contributed by atoms with Crippen LogP contribution in [0, 0.1) is 5.92 Å². The van der Waals surface area contributed by atoms with E-state index in [1.165, 1.54) is 6.42 Å². The highest BCUT2D eigenvalue weighted by atomic mass is 16.2. The van der Waals surface area contributed by atoms with Crippen molar-refractivity contribution in [1.82, 2.24) is 15.1 Å². The fraction of sp³-hybridized carbons (Fsp3) is 0.531. The first-order chi connectivity index (χ1) is 19.6. The minimum atomic E-state index is -0.111. The molecule has 0 spiro atoms. The Morgan fingerprint density at radius 1 is 0.775 bits per heavy atom. The van der Waals surface area contributed by atoms with Gasteiger partial charge in [0.15, 0.2) is 0 Å². The van der Waals surface area contributed by atoms with Crippen LogP contribution in [0.5, 0.6) is 0 Å². The Morgan fingerprint density at radius 2 is 1.57 bits per heavy atom. The van der Waals surface area contributed by atoms with Gasteiger partial charge in [-0.3, -0.25) is 14.4 Å². The summed E-state index contributed by atoms with van der Waals surface area (Å²) in [6.45, 7) is 6.03. The molecule has 2 heterocycles. The summed E-state index contributed by atoms with van der Waals surface area (Å²) in [5.74, 6) is 0.368. The van der Waals surface area contributed by atoms with Crippen LogP contribution in [0.15, 0.2) is 48.5 Å². The number of carbonyl (C=O) groups is 3. The molecule has 0 bridgehead atoms. The molecule has 3 aliphatic rings. The van der Waals surface area contributed by atoms with Gasteiger partial charge in [0, 0.05) is 57.3 Å². The summed E-state index contributed by atoms with van der Waals surface area (Å²) < 4.78 is 0. The Balaban J connectivity index is 1.34. The van der Waals surface area contributed by atoms with Crippen molar-refractivity contribution in [2.45, 2.75) is 51.4 Å². The average molecular weight is 546 g/mol. The first-order valence-corrected chi connectivity index (χ1v) is 15.1. The second-order valence-electron chi connectivity index (χ2n) is 11.3.